The number of aromatic nitrogens is 2. The standard InChI is InChI=1S/C20H18F3N5O2/c1-12-6-7-15(9-16(12)27-18(29)17-10-24-11-28(17)2)26-19(30)25-14-5-3-4-13(8-14)20(21,22)23/h3-11H,1-2H3,(H,27,29)(H2,25,26,30). The first kappa shape index (κ1) is 20.9. The van der Waals surface area contributed by atoms with Gasteiger partial charge in [0.05, 0.1) is 18.1 Å². The van der Waals surface area contributed by atoms with Gasteiger partial charge in [0.1, 0.15) is 5.69 Å². The van der Waals surface area contributed by atoms with E-state index < -0.39 is 17.8 Å². The lowest BCUT2D eigenvalue weighted by molar-refractivity contribution is -0.137. The predicted molar refractivity (Wildman–Crippen MR) is 106 cm³/mol. The third kappa shape index (κ3) is 4.96. The minimum absolute atomic E-state index is 0.000768. The summed E-state index contributed by atoms with van der Waals surface area (Å²) >= 11 is 0. The summed E-state index contributed by atoms with van der Waals surface area (Å²) in [6.07, 6.45) is -1.58. The number of amides is 3. The molecule has 0 aliphatic heterocycles. The van der Waals surface area contributed by atoms with E-state index in [1.165, 1.54) is 24.7 Å². The van der Waals surface area contributed by atoms with Crippen LogP contribution in [0.15, 0.2) is 55.0 Å². The van der Waals surface area contributed by atoms with E-state index >= 15 is 0 Å². The Labute approximate surface area is 169 Å². The van der Waals surface area contributed by atoms with Crippen molar-refractivity contribution in [1.82, 2.24) is 9.55 Å². The maximum absolute atomic E-state index is 12.8. The highest BCUT2D eigenvalue weighted by Gasteiger charge is 2.30. The molecule has 0 bridgehead atoms. The Morgan fingerprint density at radius 3 is 2.33 bits per heavy atom. The Morgan fingerprint density at radius 1 is 1.00 bits per heavy atom. The molecule has 3 aromatic rings. The van der Waals surface area contributed by atoms with Crippen molar-refractivity contribution in [2.75, 3.05) is 16.0 Å². The van der Waals surface area contributed by atoms with Gasteiger partial charge in [-0.25, -0.2) is 9.78 Å². The summed E-state index contributed by atoms with van der Waals surface area (Å²) in [5.74, 6) is -0.372. The number of imidazole rings is 1. The molecular weight excluding hydrogens is 399 g/mol. The van der Waals surface area contributed by atoms with Crippen LogP contribution in [0.3, 0.4) is 0 Å². The van der Waals surface area contributed by atoms with Crippen LogP contribution < -0.4 is 16.0 Å². The van der Waals surface area contributed by atoms with Crippen LogP contribution in [-0.2, 0) is 13.2 Å². The topological polar surface area (TPSA) is 88.1 Å². The van der Waals surface area contributed by atoms with Gasteiger partial charge >= 0.3 is 12.2 Å². The van der Waals surface area contributed by atoms with Gasteiger partial charge in [-0.2, -0.15) is 13.2 Å². The van der Waals surface area contributed by atoms with Gasteiger partial charge in [-0.1, -0.05) is 12.1 Å². The van der Waals surface area contributed by atoms with E-state index in [0.29, 0.717) is 17.1 Å². The normalized spacial score (nSPS) is 11.1. The highest BCUT2D eigenvalue weighted by molar-refractivity contribution is 6.04. The fourth-order valence-corrected chi connectivity index (χ4v) is 2.66. The Bertz CT molecular complexity index is 1090. The van der Waals surface area contributed by atoms with E-state index in [4.69, 9.17) is 0 Å². The van der Waals surface area contributed by atoms with Crippen molar-refractivity contribution in [2.24, 2.45) is 7.05 Å². The number of halogens is 3. The average Bonchev–Trinajstić information content (AvgIpc) is 3.10. The lowest BCUT2D eigenvalue weighted by atomic mass is 10.1. The van der Waals surface area contributed by atoms with Gasteiger partial charge in [0.15, 0.2) is 0 Å². The van der Waals surface area contributed by atoms with Gasteiger partial charge in [-0.3, -0.25) is 4.79 Å². The zero-order chi connectivity index (χ0) is 21.9. The van der Waals surface area contributed by atoms with Crippen molar-refractivity contribution < 1.29 is 22.8 Å². The van der Waals surface area contributed by atoms with Gasteiger partial charge in [-0.05, 0) is 42.8 Å². The van der Waals surface area contributed by atoms with Crippen LogP contribution in [0, 0.1) is 6.92 Å². The van der Waals surface area contributed by atoms with Crippen molar-refractivity contribution in [3.05, 3.63) is 71.8 Å². The molecule has 3 N–H and O–H groups in total. The Hall–Kier alpha value is -3.82. The second kappa shape index (κ2) is 8.27. The molecule has 1 aromatic heterocycles. The first-order chi connectivity index (χ1) is 14.1. The molecule has 0 unspecified atom stereocenters. The maximum atomic E-state index is 12.8. The quantitative estimate of drug-likeness (QED) is 0.578. The summed E-state index contributed by atoms with van der Waals surface area (Å²) < 4.78 is 40.0. The molecule has 0 aliphatic carbocycles. The van der Waals surface area contributed by atoms with Crippen molar-refractivity contribution in [1.29, 1.82) is 0 Å². The zero-order valence-electron chi connectivity index (χ0n) is 16.0. The van der Waals surface area contributed by atoms with Crippen LogP contribution in [0.25, 0.3) is 0 Å². The SMILES string of the molecule is Cc1ccc(NC(=O)Nc2cccc(C(F)(F)F)c2)cc1NC(=O)c1cncn1C. The fraction of sp³-hybridized carbons (Fsp3) is 0.150. The zero-order valence-corrected chi connectivity index (χ0v) is 16.0. The third-order valence-electron chi connectivity index (χ3n) is 4.24. The third-order valence-corrected chi connectivity index (χ3v) is 4.24. The maximum Gasteiger partial charge on any atom is 0.416 e. The molecule has 0 atom stereocenters. The van der Waals surface area contributed by atoms with Crippen LogP contribution in [0.1, 0.15) is 21.6 Å². The molecule has 0 spiro atoms. The van der Waals surface area contributed by atoms with E-state index in [1.54, 1.807) is 36.7 Å². The van der Waals surface area contributed by atoms with E-state index in [0.717, 1.165) is 17.7 Å². The molecule has 0 radical (unpaired) electrons. The number of carbonyl (C=O) groups is 2. The number of urea groups is 1. The number of nitrogens with one attached hydrogen (secondary N) is 3. The molecule has 3 rings (SSSR count). The predicted octanol–water partition coefficient (Wildman–Crippen LogP) is 4.64. The summed E-state index contributed by atoms with van der Waals surface area (Å²) in [4.78, 5) is 28.5. The smallest absolute Gasteiger partial charge is 0.330 e. The van der Waals surface area contributed by atoms with Crippen LogP contribution in [0.4, 0.5) is 35.0 Å². The first-order valence-electron chi connectivity index (χ1n) is 8.77. The van der Waals surface area contributed by atoms with Gasteiger partial charge in [0, 0.05) is 24.1 Å². The van der Waals surface area contributed by atoms with E-state index in [1.807, 2.05) is 0 Å². The molecule has 1 heterocycles. The van der Waals surface area contributed by atoms with Crippen LogP contribution in [0.5, 0.6) is 0 Å². The summed E-state index contributed by atoms with van der Waals surface area (Å²) in [5, 5.41) is 7.64. The number of carbonyl (C=O) groups excluding carboxylic acids is 2. The molecule has 10 heteroatoms. The Balaban J connectivity index is 1.70. The van der Waals surface area contributed by atoms with Crippen molar-refractivity contribution >= 4 is 29.0 Å². The minimum Gasteiger partial charge on any atom is -0.330 e. The second-order valence-corrected chi connectivity index (χ2v) is 6.53. The Morgan fingerprint density at radius 2 is 1.70 bits per heavy atom. The molecule has 0 saturated heterocycles. The number of hydrogen-bond acceptors (Lipinski definition) is 3. The average molecular weight is 417 g/mol. The largest absolute Gasteiger partial charge is 0.416 e. The number of benzene rings is 2. The van der Waals surface area contributed by atoms with Crippen LogP contribution in [-0.4, -0.2) is 21.5 Å². The molecule has 2 aromatic carbocycles. The van der Waals surface area contributed by atoms with Gasteiger partial charge in [0.2, 0.25) is 0 Å². The van der Waals surface area contributed by atoms with Crippen LogP contribution in [0.2, 0.25) is 0 Å². The van der Waals surface area contributed by atoms with Crippen molar-refractivity contribution in [3.8, 4) is 0 Å². The minimum atomic E-state index is -4.51. The van der Waals surface area contributed by atoms with Crippen LogP contribution >= 0.6 is 0 Å². The van der Waals surface area contributed by atoms with E-state index in [2.05, 4.69) is 20.9 Å². The molecule has 0 saturated carbocycles. The summed E-state index contributed by atoms with van der Waals surface area (Å²) in [5.41, 5.74) is 1.07. The molecule has 3 amide bonds. The van der Waals surface area contributed by atoms with Crippen molar-refractivity contribution in [3.63, 3.8) is 0 Å². The summed E-state index contributed by atoms with van der Waals surface area (Å²) in [7, 11) is 1.69. The molecule has 156 valence electrons. The van der Waals surface area contributed by atoms with Gasteiger partial charge in [-0.15, -0.1) is 0 Å². The molecular formula is C20H18F3N5O2. The lowest BCUT2D eigenvalue weighted by Crippen LogP contribution is -2.20. The highest BCUT2D eigenvalue weighted by atomic mass is 19.4. The fourth-order valence-electron chi connectivity index (χ4n) is 2.66. The van der Waals surface area contributed by atoms with Gasteiger partial charge < -0.3 is 20.5 Å². The number of alkyl halides is 3. The molecule has 0 fully saturated rings. The molecule has 7 nitrogen and oxygen atoms in total. The monoisotopic (exact) mass is 417 g/mol. The molecule has 0 aliphatic rings. The number of rotatable bonds is 4. The summed E-state index contributed by atoms with van der Waals surface area (Å²) in [6.45, 7) is 1.78. The van der Waals surface area contributed by atoms with E-state index in [-0.39, 0.29) is 11.6 Å². The number of nitrogens with zero attached hydrogens (tertiary/aromatic N) is 2. The Kier molecular flexibility index (Phi) is 5.77. The molecule has 30 heavy (non-hydrogen) atoms. The van der Waals surface area contributed by atoms with Gasteiger partial charge in [0.25, 0.3) is 5.91 Å². The lowest BCUT2D eigenvalue weighted by Gasteiger charge is -2.13. The first-order valence-corrected chi connectivity index (χ1v) is 8.77. The number of anilines is 3. The summed E-state index contributed by atoms with van der Waals surface area (Å²) in [6, 6.07) is 8.45. The number of hydrogen-bond donors (Lipinski definition) is 3. The number of aryl methyl sites for hydroxylation is 2. The highest BCUT2D eigenvalue weighted by Crippen LogP contribution is 2.30. The second-order valence-electron chi connectivity index (χ2n) is 6.53. The van der Waals surface area contributed by atoms with E-state index in [9.17, 15) is 22.8 Å². The van der Waals surface area contributed by atoms with Crippen molar-refractivity contribution in [2.45, 2.75) is 13.1 Å².